The topological polar surface area (TPSA) is 37.0 Å². The highest BCUT2D eigenvalue weighted by Gasteiger charge is 2.06. The lowest BCUT2D eigenvalue weighted by Crippen LogP contribution is -2.38. The van der Waals surface area contributed by atoms with Crippen LogP contribution in [0.5, 0.6) is 0 Å². The first-order valence-corrected chi connectivity index (χ1v) is 5.38. The van der Waals surface area contributed by atoms with Crippen LogP contribution in [-0.2, 0) is 0 Å². The second-order valence-electron chi connectivity index (χ2n) is 4.85. The van der Waals surface area contributed by atoms with Crippen LogP contribution in [0.15, 0.2) is 18.5 Å². The standard InChI is InChI=1S/C12H21N3/c1-10-7-11(9-13-8-10)14-5-6-15-12(2,3)4/h7-9,14-15H,5-6H2,1-4H3. The zero-order valence-electron chi connectivity index (χ0n) is 10.1. The molecule has 1 rings (SSSR count). The van der Waals surface area contributed by atoms with Gasteiger partial charge in [0.05, 0.1) is 5.69 Å². The van der Waals surface area contributed by atoms with Crippen LogP contribution in [-0.4, -0.2) is 23.6 Å². The summed E-state index contributed by atoms with van der Waals surface area (Å²) in [5, 5.41) is 6.76. The third-order valence-corrected chi connectivity index (χ3v) is 1.98. The van der Waals surface area contributed by atoms with Crippen molar-refractivity contribution >= 4 is 5.69 Å². The first-order chi connectivity index (χ1) is 6.97. The van der Waals surface area contributed by atoms with Gasteiger partial charge in [0.2, 0.25) is 0 Å². The van der Waals surface area contributed by atoms with E-state index in [9.17, 15) is 0 Å². The highest BCUT2D eigenvalue weighted by Crippen LogP contribution is 2.06. The van der Waals surface area contributed by atoms with Crippen molar-refractivity contribution < 1.29 is 0 Å². The predicted molar refractivity (Wildman–Crippen MR) is 65.2 cm³/mol. The average molecular weight is 207 g/mol. The maximum atomic E-state index is 4.13. The molecule has 0 saturated heterocycles. The van der Waals surface area contributed by atoms with Crippen LogP contribution in [0.1, 0.15) is 26.3 Å². The summed E-state index contributed by atoms with van der Waals surface area (Å²) in [5.74, 6) is 0. The molecule has 0 spiro atoms. The van der Waals surface area contributed by atoms with Crippen molar-refractivity contribution in [2.45, 2.75) is 33.2 Å². The van der Waals surface area contributed by atoms with Crippen molar-refractivity contribution in [2.75, 3.05) is 18.4 Å². The Bertz CT molecular complexity index is 302. The first-order valence-electron chi connectivity index (χ1n) is 5.38. The fourth-order valence-electron chi connectivity index (χ4n) is 1.30. The molecule has 0 radical (unpaired) electrons. The molecule has 3 heteroatoms. The summed E-state index contributed by atoms with van der Waals surface area (Å²) in [6.07, 6.45) is 3.71. The number of hydrogen-bond acceptors (Lipinski definition) is 3. The van der Waals surface area contributed by atoms with Gasteiger partial charge in [-0.15, -0.1) is 0 Å². The lowest BCUT2D eigenvalue weighted by atomic mass is 10.1. The number of pyridine rings is 1. The zero-order valence-corrected chi connectivity index (χ0v) is 10.1. The van der Waals surface area contributed by atoms with Crippen molar-refractivity contribution in [3.05, 3.63) is 24.0 Å². The largest absolute Gasteiger partial charge is 0.383 e. The van der Waals surface area contributed by atoms with Gasteiger partial charge < -0.3 is 10.6 Å². The van der Waals surface area contributed by atoms with E-state index in [1.807, 2.05) is 19.3 Å². The fraction of sp³-hybridized carbons (Fsp3) is 0.583. The molecule has 1 aromatic heterocycles. The minimum Gasteiger partial charge on any atom is -0.383 e. The Morgan fingerprint density at radius 3 is 2.53 bits per heavy atom. The SMILES string of the molecule is Cc1cncc(NCCNC(C)(C)C)c1. The lowest BCUT2D eigenvalue weighted by Gasteiger charge is -2.20. The molecule has 2 N–H and O–H groups in total. The molecule has 0 bridgehead atoms. The number of hydrogen-bond donors (Lipinski definition) is 2. The van der Waals surface area contributed by atoms with Crippen LogP contribution in [0.3, 0.4) is 0 Å². The number of aromatic nitrogens is 1. The monoisotopic (exact) mass is 207 g/mol. The Hall–Kier alpha value is -1.09. The van der Waals surface area contributed by atoms with Crippen molar-refractivity contribution in [1.29, 1.82) is 0 Å². The summed E-state index contributed by atoms with van der Waals surface area (Å²) in [4.78, 5) is 4.13. The Kier molecular flexibility index (Phi) is 4.09. The van der Waals surface area contributed by atoms with Gasteiger partial charge in [0.1, 0.15) is 0 Å². The molecule has 0 amide bonds. The van der Waals surface area contributed by atoms with E-state index in [-0.39, 0.29) is 5.54 Å². The van der Waals surface area contributed by atoms with Crippen LogP contribution in [0.25, 0.3) is 0 Å². The molecule has 0 unspecified atom stereocenters. The van der Waals surface area contributed by atoms with E-state index in [2.05, 4.69) is 42.5 Å². The Balaban J connectivity index is 2.26. The van der Waals surface area contributed by atoms with Crippen molar-refractivity contribution in [3.8, 4) is 0 Å². The van der Waals surface area contributed by atoms with Crippen LogP contribution < -0.4 is 10.6 Å². The minimum atomic E-state index is 0.187. The van der Waals surface area contributed by atoms with Crippen LogP contribution in [0.2, 0.25) is 0 Å². The maximum Gasteiger partial charge on any atom is 0.0529 e. The summed E-state index contributed by atoms with van der Waals surface area (Å²) in [5.41, 5.74) is 2.46. The molecule has 1 heterocycles. The number of rotatable bonds is 4. The smallest absolute Gasteiger partial charge is 0.0529 e. The normalized spacial score (nSPS) is 11.5. The summed E-state index contributed by atoms with van der Waals surface area (Å²) in [6, 6.07) is 2.10. The number of nitrogens with zero attached hydrogens (tertiary/aromatic N) is 1. The molecule has 0 fully saturated rings. The van der Waals surface area contributed by atoms with Gasteiger partial charge in [-0.25, -0.2) is 0 Å². The molecular weight excluding hydrogens is 186 g/mol. The van der Waals surface area contributed by atoms with Crippen molar-refractivity contribution in [3.63, 3.8) is 0 Å². The predicted octanol–water partition coefficient (Wildman–Crippen LogP) is 2.19. The van der Waals surface area contributed by atoms with E-state index >= 15 is 0 Å². The molecule has 3 nitrogen and oxygen atoms in total. The Morgan fingerprint density at radius 1 is 1.20 bits per heavy atom. The van der Waals surface area contributed by atoms with Gasteiger partial charge in [0.15, 0.2) is 0 Å². The first kappa shape index (κ1) is 12.0. The van der Waals surface area contributed by atoms with E-state index in [0.29, 0.717) is 0 Å². The lowest BCUT2D eigenvalue weighted by molar-refractivity contribution is 0.435. The second kappa shape index (κ2) is 5.12. The van der Waals surface area contributed by atoms with Gasteiger partial charge in [0.25, 0.3) is 0 Å². The van der Waals surface area contributed by atoms with Gasteiger partial charge >= 0.3 is 0 Å². The molecule has 15 heavy (non-hydrogen) atoms. The van der Waals surface area contributed by atoms with Gasteiger partial charge in [0, 0.05) is 31.0 Å². The number of anilines is 1. The van der Waals surface area contributed by atoms with Crippen molar-refractivity contribution in [1.82, 2.24) is 10.3 Å². The van der Waals surface area contributed by atoms with Gasteiger partial charge in [-0.3, -0.25) is 4.98 Å². The van der Waals surface area contributed by atoms with E-state index in [1.165, 1.54) is 5.56 Å². The molecule has 0 aliphatic heterocycles. The molecule has 1 aromatic rings. The van der Waals surface area contributed by atoms with Crippen molar-refractivity contribution in [2.24, 2.45) is 0 Å². The molecule has 0 aliphatic carbocycles. The molecule has 84 valence electrons. The summed E-state index contributed by atoms with van der Waals surface area (Å²) in [7, 11) is 0. The van der Waals surface area contributed by atoms with E-state index in [1.54, 1.807) is 0 Å². The van der Waals surface area contributed by atoms with Gasteiger partial charge in [-0.2, -0.15) is 0 Å². The van der Waals surface area contributed by atoms with E-state index < -0.39 is 0 Å². The number of nitrogens with one attached hydrogen (secondary N) is 2. The Labute approximate surface area is 92.3 Å². The van der Waals surface area contributed by atoms with Crippen LogP contribution >= 0.6 is 0 Å². The average Bonchev–Trinajstić information content (AvgIpc) is 2.11. The third kappa shape index (κ3) is 5.37. The second-order valence-corrected chi connectivity index (χ2v) is 4.85. The van der Waals surface area contributed by atoms with Crippen LogP contribution in [0, 0.1) is 6.92 Å². The highest BCUT2D eigenvalue weighted by molar-refractivity contribution is 5.42. The molecule has 0 saturated carbocycles. The quantitative estimate of drug-likeness (QED) is 0.743. The fourth-order valence-corrected chi connectivity index (χ4v) is 1.30. The summed E-state index contributed by atoms with van der Waals surface area (Å²) < 4.78 is 0. The summed E-state index contributed by atoms with van der Waals surface area (Å²) in [6.45, 7) is 10.4. The van der Waals surface area contributed by atoms with Gasteiger partial charge in [-0.1, -0.05) is 0 Å². The Morgan fingerprint density at radius 2 is 1.93 bits per heavy atom. The minimum absolute atomic E-state index is 0.187. The van der Waals surface area contributed by atoms with Gasteiger partial charge in [-0.05, 0) is 39.3 Å². The zero-order chi connectivity index (χ0) is 11.3. The molecule has 0 atom stereocenters. The number of aryl methyl sites for hydroxylation is 1. The summed E-state index contributed by atoms with van der Waals surface area (Å²) >= 11 is 0. The van der Waals surface area contributed by atoms with E-state index in [4.69, 9.17) is 0 Å². The van der Waals surface area contributed by atoms with E-state index in [0.717, 1.165) is 18.8 Å². The molecule has 0 aromatic carbocycles. The molecular formula is C12H21N3. The molecule has 0 aliphatic rings. The maximum absolute atomic E-state index is 4.13. The van der Waals surface area contributed by atoms with Crippen LogP contribution in [0.4, 0.5) is 5.69 Å². The third-order valence-electron chi connectivity index (χ3n) is 1.98. The highest BCUT2D eigenvalue weighted by atomic mass is 15.0.